The fraction of sp³-hybridized carbons (Fsp3) is 0.273. The Morgan fingerprint density at radius 1 is 1.44 bits per heavy atom. The van der Waals surface area contributed by atoms with Crippen molar-refractivity contribution in [3.63, 3.8) is 0 Å². The van der Waals surface area contributed by atoms with Crippen molar-refractivity contribution >= 4 is 23.4 Å². The second-order valence-electron chi connectivity index (χ2n) is 3.27. The third-order valence-electron chi connectivity index (χ3n) is 2.20. The van der Waals surface area contributed by atoms with E-state index < -0.39 is 17.7 Å². The highest BCUT2D eigenvalue weighted by atomic mass is 35.5. The van der Waals surface area contributed by atoms with Crippen molar-refractivity contribution in [2.45, 2.75) is 6.92 Å². The van der Waals surface area contributed by atoms with Gasteiger partial charge in [-0.1, -0.05) is 11.6 Å². The summed E-state index contributed by atoms with van der Waals surface area (Å²) in [6.45, 7) is 1.34. The lowest BCUT2D eigenvalue weighted by atomic mass is 9.99. The summed E-state index contributed by atoms with van der Waals surface area (Å²) in [6.07, 6.45) is 0. The second-order valence-corrected chi connectivity index (χ2v) is 3.68. The van der Waals surface area contributed by atoms with Gasteiger partial charge in [0.1, 0.15) is 11.7 Å². The Morgan fingerprint density at radius 2 is 2.06 bits per heavy atom. The summed E-state index contributed by atoms with van der Waals surface area (Å²) in [6, 6.07) is 4.43. The highest BCUT2D eigenvalue weighted by molar-refractivity contribution is 6.32. The van der Waals surface area contributed by atoms with Crippen LogP contribution in [0.25, 0.3) is 0 Å². The number of carbonyl (C=O) groups is 2. The zero-order valence-electron chi connectivity index (χ0n) is 8.86. The Morgan fingerprint density at radius 3 is 2.50 bits per heavy atom. The van der Waals surface area contributed by atoms with E-state index in [1.54, 1.807) is 0 Å². The minimum Gasteiger partial charge on any atom is -0.495 e. The fourth-order valence-corrected chi connectivity index (χ4v) is 1.44. The molecule has 1 aromatic carbocycles. The molecule has 0 aliphatic heterocycles. The van der Waals surface area contributed by atoms with Gasteiger partial charge in [0, 0.05) is 5.56 Å². The summed E-state index contributed by atoms with van der Waals surface area (Å²) >= 11 is 5.83. The number of aliphatic carboxylic acids is 1. The van der Waals surface area contributed by atoms with Gasteiger partial charge in [-0.15, -0.1) is 0 Å². The zero-order chi connectivity index (χ0) is 12.3. The van der Waals surface area contributed by atoms with Crippen molar-refractivity contribution in [3.05, 3.63) is 28.8 Å². The molecule has 0 amide bonds. The SMILES string of the molecule is COc1ccc(C(=O)C(C)C(=O)O)cc1Cl. The van der Waals surface area contributed by atoms with E-state index in [1.165, 1.54) is 32.2 Å². The quantitative estimate of drug-likeness (QED) is 0.650. The number of Topliss-reactive ketones (excluding diaryl/α,β-unsaturated/α-hetero) is 1. The molecule has 0 fully saturated rings. The molecule has 0 bridgehead atoms. The first-order valence-corrected chi connectivity index (χ1v) is 4.95. The fourth-order valence-electron chi connectivity index (χ4n) is 1.18. The van der Waals surface area contributed by atoms with Crippen LogP contribution in [0.5, 0.6) is 5.75 Å². The number of ketones is 1. The first kappa shape index (κ1) is 12.5. The number of methoxy groups -OCH3 is 1. The first-order chi connectivity index (χ1) is 7.47. The van der Waals surface area contributed by atoms with E-state index in [9.17, 15) is 9.59 Å². The van der Waals surface area contributed by atoms with Gasteiger partial charge in [0.25, 0.3) is 0 Å². The molecule has 5 heteroatoms. The number of carbonyl (C=O) groups excluding carboxylic acids is 1. The van der Waals surface area contributed by atoms with Gasteiger partial charge in [-0.3, -0.25) is 9.59 Å². The number of hydrogen-bond donors (Lipinski definition) is 1. The minimum atomic E-state index is -1.16. The Balaban J connectivity index is 3.02. The zero-order valence-corrected chi connectivity index (χ0v) is 9.62. The molecule has 1 aromatic rings. The molecule has 4 nitrogen and oxygen atoms in total. The maximum atomic E-state index is 11.7. The number of carboxylic acid groups (broad SMARTS) is 1. The van der Waals surface area contributed by atoms with Gasteiger partial charge in [0.05, 0.1) is 12.1 Å². The Bertz CT molecular complexity index is 428. The number of halogens is 1. The van der Waals surface area contributed by atoms with Crippen molar-refractivity contribution in [1.29, 1.82) is 0 Å². The van der Waals surface area contributed by atoms with Crippen LogP contribution in [0.1, 0.15) is 17.3 Å². The molecule has 1 N–H and O–H groups in total. The summed E-state index contributed by atoms with van der Waals surface area (Å²) in [5.41, 5.74) is 0.265. The molecule has 0 saturated heterocycles. The van der Waals surface area contributed by atoms with Gasteiger partial charge in [0.15, 0.2) is 5.78 Å². The Hall–Kier alpha value is -1.55. The number of hydrogen-bond acceptors (Lipinski definition) is 3. The van der Waals surface area contributed by atoms with Crippen molar-refractivity contribution in [2.75, 3.05) is 7.11 Å². The number of benzene rings is 1. The second kappa shape index (κ2) is 4.99. The van der Waals surface area contributed by atoms with Crippen molar-refractivity contribution in [3.8, 4) is 5.75 Å². The molecule has 0 saturated carbocycles. The van der Waals surface area contributed by atoms with Crippen molar-refractivity contribution in [2.24, 2.45) is 5.92 Å². The molecule has 86 valence electrons. The van der Waals surface area contributed by atoms with Crippen LogP contribution in [0.15, 0.2) is 18.2 Å². The summed E-state index contributed by atoms with van der Waals surface area (Å²) in [5.74, 6) is -2.26. The van der Waals surface area contributed by atoms with Gasteiger partial charge < -0.3 is 9.84 Å². The third-order valence-corrected chi connectivity index (χ3v) is 2.50. The van der Waals surface area contributed by atoms with Crippen LogP contribution in [0.4, 0.5) is 0 Å². The highest BCUT2D eigenvalue weighted by Crippen LogP contribution is 2.26. The Labute approximate surface area is 97.8 Å². The number of rotatable bonds is 4. The molecule has 1 unspecified atom stereocenters. The van der Waals surface area contributed by atoms with E-state index in [1.807, 2.05) is 0 Å². The summed E-state index contributed by atoms with van der Waals surface area (Å²) in [7, 11) is 1.46. The predicted octanol–water partition coefficient (Wildman–Crippen LogP) is 2.25. The summed E-state index contributed by atoms with van der Waals surface area (Å²) < 4.78 is 4.93. The molecule has 0 aliphatic carbocycles. The van der Waals surface area contributed by atoms with E-state index >= 15 is 0 Å². The molecular formula is C11H11ClO4. The first-order valence-electron chi connectivity index (χ1n) is 4.58. The maximum absolute atomic E-state index is 11.7. The predicted molar refractivity (Wildman–Crippen MR) is 59.1 cm³/mol. The van der Waals surface area contributed by atoms with Crippen LogP contribution in [-0.2, 0) is 4.79 Å². The average molecular weight is 243 g/mol. The molecule has 0 spiro atoms. The molecule has 0 radical (unpaired) electrons. The summed E-state index contributed by atoms with van der Waals surface area (Å²) in [4.78, 5) is 22.3. The normalized spacial score (nSPS) is 11.9. The minimum absolute atomic E-state index is 0.265. The monoisotopic (exact) mass is 242 g/mol. The lowest BCUT2D eigenvalue weighted by molar-refractivity contribution is -0.139. The topological polar surface area (TPSA) is 63.6 Å². The van der Waals surface area contributed by atoms with Gasteiger partial charge in [0.2, 0.25) is 0 Å². The molecule has 1 atom stereocenters. The molecule has 0 aliphatic rings. The van der Waals surface area contributed by atoms with Crippen LogP contribution in [0.2, 0.25) is 5.02 Å². The molecule has 1 rings (SSSR count). The average Bonchev–Trinajstić information content (AvgIpc) is 2.26. The molecule has 0 aromatic heterocycles. The standard InChI is InChI=1S/C11H11ClO4/c1-6(11(14)15)10(13)7-3-4-9(16-2)8(12)5-7/h3-6H,1-2H3,(H,14,15). The maximum Gasteiger partial charge on any atom is 0.314 e. The van der Waals surface area contributed by atoms with E-state index in [4.69, 9.17) is 21.4 Å². The largest absolute Gasteiger partial charge is 0.495 e. The summed E-state index contributed by atoms with van der Waals surface area (Å²) in [5, 5.41) is 8.99. The van der Waals surface area contributed by atoms with Crippen molar-refractivity contribution in [1.82, 2.24) is 0 Å². The lowest BCUT2D eigenvalue weighted by Gasteiger charge is -2.07. The lowest BCUT2D eigenvalue weighted by Crippen LogP contribution is -2.20. The third kappa shape index (κ3) is 2.52. The molecular weight excluding hydrogens is 232 g/mol. The number of carboxylic acids is 1. The molecule has 16 heavy (non-hydrogen) atoms. The number of ether oxygens (including phenoxy) is 1. The van der Waals surface area contributed by atoms with E-state index in [0.717, 1.165) is 0 Å². The van der Waals surface area contributed by atoms with Crippen LogP contribution < -0.4 is 4.74 Å². The van der Waals surface area contributed by atoms with Crippen LogP contribution >= 0.6 is 11.6 Å². The van der Waals surface area contributed by atoms with Gasteiger partial charge in [-0.2, -0.15) is 0 Å². The Kier molecular flexibility index (Phi) is 3.90. The van der Waals surface area contributed by atoms with Gasteiger partial charge in [-0.05, 0) is 25.1 Å². The van der Waals surface area contributed by atoms with E-state index in [-0.39, 0.29) is 10.6 Å². The van der Waals surface area contributed by atoms with Gasteiger partial charge in [-0.25, -0.2) is 0 Å². The van der Waals surface area contributed by atoms with Crippen molar-refractivity contribution < 1.29 is 19.4 Å². The smallest absolute Gasteiger partial charge is 0.314 e. The van der Waals surface area contributed by atoms with Crippen LogP contribution in [0.3, 0.4) is 0 Å². The van der Waals surface area contributed by atoms with E-state index in [0.29, 0.717) is 5.75 Å². The highest BCUT2D eigenvalue weighted by Gasteiger charge is 2.22. The van der Waals surface area contributed by atoms with Gasteiger partial charge >= 0.3 is 5.97 Å². The van der Waals surface area contributed by atoms with Crippen LogP contribution in [0, 0.1) is 5.92 Å². The van der Waals surface area contributed by atoms with E-state index in [2.05, 4.69) is 0 Å². The molecule has 0 heterocycles. The van der Waals surface area contributed by atoms with Crippen LogP contribution in [-0.4, -0.2) is 24.0 Å².